The Kier molecular flexibility index (Phi) is 5.17. The average Bonchev–Trinajstić information content (AvgIpc) is 2.64. The number of hydrogen-bond donors (Lipinski definition) is 2. The fourth-order valence-electron chi connectivity index (χ4n) is 6.78. The molecule has 6 nitrogen and oxygen atoms in total. The van der Waals surface area contributed by atoms with Gasteiger partial charge >= 0.3 is 0 Å². The molecule has 0 aromatic rings. The summed E-state index contributed by atoms with van der Waals surface area (Å²) in [5.41, 5.74) is 5.17. The fourth-order valence-corrected chi connectivity index (χ4v) is 6.78. The third-order valence-corrected chi connectivity index (χ3v) is 7.95. The predicted octanol–water partition coefficient (Wildman–Crippen LogP) is 2.07. The highest BCUT2D eigenvalue weighted by molar-refractivity contribution is 5.90. The molecule has 5 fully saturated rings. The summed E-state index contributed by atoms with van der Waals surface area (Å²) in [4.78, 5) is 39.8. The molecule has 4 aliphatic carbocycles. The molecule has 1 saturated heterocycles. The first-order valence-corrected chi connectivity index (χ1v) is 11.2. The molecule has 5 rings (SSSR count). The van der Waals surface area contributed by atoms with E-state index in [-0.39, 0.29) is 35.0 Å². The van der Waals surface area contributed by atoms with Crippen molar-refractivity contribution >= 4 is 17.7 Å². The Hall–Kier alpha value is -1.59. The number of likely N-dealkylation sites (tertiary alicyclic amines) is 1. The molecule has 1 atom stereocenters. The number of carbonyl (C=O) groups excluding carboxylic acids is 3. The van der Waals surface area contributed by atoms with E-state index in [0.29, 0.717) is 43.7 Å². The molecule has 28 heavy (non-hydrogen) atoms. The molecule has 5 aliphatic rings. The summed E-state index contributed by atoms with van der Waals surface area (Å²) >= 11 is 0. The molecule has 1 heterocycles. The number of rotatable bonds is 5. The summed E-state index contributed by atoms with van der Waals surface area (Å²) in [7, 11) is 0. The summed E-state index contributed by atoms with van der Waals surface area (Å²) in [6.07, 6.45) is 8.16. The topological polar surface area (TPSA) is 92.5 Å². The summed E-state index contributed by atoms with van der Waals surface area (Å²) in [5, 5.41) is 3.18. The first-order valence-electron chi connectivity index (χ1n) is 11.2. The summed E-state index contributed by atoms with van der Waals surface area (Å²) in [5.74, 6) is 1.86. The van der Waals surface area contributed by atoms with Gasteiger partial charge in [-0.25, -0.2) is 0 Å². The van der Waals surface area contributed by atoms with E-state index in [1.807, 2.05) is 18.7 Å². The highest BCUT2D eigenvalue weighted by Crippen LogP contribution is 2.60. The van der Waals surface area contributed by atoms with Crippen molar-refractivity contribution in [3.05, 3.63) is 0 Å². The Balaban J connectivity index is 1.42. The Morgan fingerprint density at radius 2 is 1.46 bits per heavy atom. The van der Waals surface area contributed by atoms with Crippen molar-refractivity contribution in [1.82, 2.24) is 10.2 Å². The molecule has 1 aliphatic heterocycles. The Labute approximate surface area is 168 Å². The van der Waals surface area contributed by atoms with Crippen molar-refractivity contribution in [3.63, 3.8) is 0 Å². The molecule has 4 bridgehead atoms. The van der Waals surface area contributed by atoms with Gasteiger partial charge in [-0.2, -0.15) is 0 Å². The number of primary amides is 1. The lowest BCUT2D eigenvalue weighted by Crippen LogP contribution is -2.59. The van der Waals surface area contributed by atoms with E-state index in [4.69, 9.17) is 5.73 Å². The maximum Gasteiger partial charge on any atom is 0.245 e. The zero-order valence-electron chi connectivity index (χ0n) is 17.3. The van der Waals surface area contributed by atoms with Gasteiger partial charge in [0.25, 0.3) is 0 Å². The van der Waals surface area contributed by atoms with Crippen molar-refractivity contribution in [1.29, 1.82) is 0 Å². The molecule has 6 heteroatoms. The van der Waals surface area contributed by atoms with Crippen LogP contribution in [0.25, 0.3) is 0 Å². The van der Waals surface area contributed by atoms with Crippen molar-refractivity contribution in [2.75, 3.05) is 13.1 Å². The van der Waals surface area contributed by atoms with Crippen molar-refractivity contribution < 1.29 is 14.4 Å². The van der Waals surface area contributed by atoms with Crippen LogP contribution in [0.3, 0.4) is 0 Å². The largest absolute Gasteiger partial charge is 0.369 e. The molecule has 0 aromatic heterocycles. The molecule has 4 saturated carbocycles. The van der Waals surface area contributed by atoms with E-state index in [2.05, 4.69) is 5.32 Å². The lowest BCUT2D eigenvalue weighted by atomic mass is 9.49. The minimum absolute atomic E-state index is 0.00370. The van der Waals surface area contributed by atoms with Gasteiger partial charge in [-0.15, -0.1) is 0 Å². The van der Waals surface area contributed by atoms with Crippen LogP contribution in [-0.2, 0) is 14.4 Å². The summed E-state index contributed by atoms with van der Waals surface area (Å²) < 4.78 is 0. The van der Waals surface area contributed by atoms with Crippen molar-refractivity contribution in [2.45, 2.75) is 71.3 Å². The molecule has 3 N–H and O–H groups in total. The second-order valence-electron chi connectivity index (χ2n) is 10.4. The van der Waals surface area contributed by atoms with Gasteiger partial charge in [0.2, 0.25) is 17.7 Å². The third kappa shape index (κ3) is 3.55. The zero-order valence-corrected chi connectivity index (χ0v) is 17.3. The number of nitrogens with zero attached hydrogens (tertiary/aromatic N) is 1. The van der Waals surface area contributed by atoms with E-state index >= 15 is 0 Å². The number of hydrogen-bond acceptors (Lipinski definition) is 3. The lowest BCUT2D eigenvalue weighted by molar-refractivity contribution is -0.151. The lowest BCUT2D eigenvalue weighted by Gasteiger charge is -2.56. The maximum atomic E-state index is 13.4. The second kappa shape index (κ2) is 7.34. The highest BCUT2D eigenvalue weighted by Gasteiger charge is 2.55. The molecule has 0 spiro atoms. The van der Waals surface area contributed by atoms with Gasteiger partial charge in [0, 0.05) is 24.4 Å². The Morgan fingerprint density at radius 3 is 1.89 bits per heavy atom. The van der Waals surface area contributed by atoms with Gasteiger partial charge in [-0.3, -0.25) is 14.4 Å². The van der Waals surface area contributed by atoms with E-state index < -0.39 is 6.04 Å². The van der Waals surface area contributed by atoms with Crippen LogP contribution in [0.2, 0.25) is 0 Å². The number of nitrogens with two attached hydrogens (primary N) is 1. The first-order chi connectivity index (χ1) is 13.3. The Morgan fingerprint density at radius 1 is 0.964 bits per heavy atom. The number of piperidine rings is 1. The van der Waals surface area contributed by atoms with Crippen LogP contribution in [-0.4, -0.2) is 41.8 Å². The van der Waals surface area contributed by atoms with E-state index in [1.165, 1.54) is 19.3 Å². The van der Waals surface area contributed by atoms with Crippen LogP contribution in [0.4, 0.5) is 0 Å². The van der Waals surface area contributed by atoms with Gasteiger partial charge in [-0.05, 0) is 75.0 Å². The van der Waals surface area contributed by atoms with Crippen LogP contribution in [0.1, 0.15) is 65.2 Å². The molecule has 0 aromatic carbocycles. The Bertz CT molecular complexity index is 616. The quantitative estimate of drug-likeness (QED) is 0.754. The standard InChI is InChI=1S/C22H35N3O3/c1-13(2)18(20(27)25-5-3-17(4-6-25)19(23)26)24-21(28)22-10-14-7-15(11-22)9-16(8-14)12-22/h13-18H,3-12H2,1-2H3,(H2,23,26)(H,24,28). The van der Waals surface area contributed by atoms with Gasteiger partial charge in [-0.1, -0.05) is 13.8 Å². The van der Waals surface area contributed by atoms with Crippen LogP contribution >= 0.6 is 0 Å². The fraction of sp³-hybridized carbons (Fsp3) is 0.864. The number of carbonyl (C=O) groups is 3. The third-order valence-electron chi connectivity index (χ3n) is 7.95. The molecule has 3 amide bonds. The van der Waals surface area contributed by atoms with Crippen LogP contribution < -0.4 is 11.1 Å². The van der Waals surface area contributed by atoms with Gasteiger partial charge in [0.15, 0.2) is 0 Å². The van der Waals surface area contributed by atoms with Gasteiger partial charge < -0.3 is 16.0 Å². The first kappa shape index (κ1) is 19.7. The van der Waals surface area contributed by atoms with E-state index in [0.717, 1.165) is 19.3 Å². The monoisotopic (exact) mass is 389 g/mol. The van der Waals surface area contributed by atoms with Crippen molar-refractivity contribution in [2.24, 2.45) is 40.7 Å². The normalized spacial score (nSPS) is 35.8. The molecule has 0 radical (unpaired) electrons. The van der Waals surface area contributed by atoms with Crippen molar-refractivity contribution in [3.8, 4) is 0 Å². The molecular formula is C22H35N3O3. The molecule has 1 unspecified atom stereocenters. The number of amides is 3. The minimum atomic E-state index is -0.481. The van der Waals surface area contributed by atoms with Crippen LogP contribution in [0, 0.1) is 35.0 Å². The average molecular weight is 390 g/mol. The number of nitrogens with one attached hydrogen (secondary N) is 1. The van der Waals surface area contributed by atoms with Gasteiger partial charge in [0.1, 0.15) is 6.04 Å². The highest BCUT2D eigenvalue weighted by atomic mass is 16.2. The van der Waals surface area contributed by atoms with Crippen LogP contribution in [0.5, 0.6) is 0 Å². The smallest absolute Gasteiger partial charge is 0.245 e. The second-order valence-corrected chi connectivity index (χ2v) is 10.4. The van der Waals surface area contributed by atoms with Gasteiger partial charge in [0.05, 0.1) is 0 Å². The predicted molar refractivity (Wildman–Crippen MR) is 106 cm³/mol. The maximum absolute atomic E-state index is 13.4. The SMILES string of the molecule is CC(C)C(NC(=O)C12CC3CC(CC(C3)C1)C2)C(=O)N1CCC(C(N)=O)CC1. The summed E-state index contributed by atoms with van der Waals surface area (Å²) in [6, 6.07) is -0.481. The van der Waals surface area contributed by atoms with Crippen LogP contribution in [0.15, 0.2) is 0 Å². The summed E-state index contributed by atoms with van der Waals surface area (Å²) in [6.45, 7) is 5.09. The zero-order chi connectivity index (χ0) is 20.1. The minimum Gasteiger partial charge on any atom is -0.369 e. The molecule has 156 valence electrons. The van der Waals surface area contributed by atoms with E-state index in [9.17, 15) is 14.4 Å². The molecular weight excluding hydrogens is 354 g/mol. The van der Waals surface area contributed by atoms with E-state index in [1.54, 1.807) is 0 Å².